The Morgan fingerprint density at radius 1 is 1.24 bits per heavy atom. The first kappa shape index (κ1) is 14.5. The van der Waals surface area contributed by atoms with Crippen LogP contribution in [0, 0.1) is 27.3 Å². The maximum absolute atomic E-state index is 13.6. The van der Waals surface area contributed by atoms with E-state index in [0.29, 0.717) is 6.42 Å². The molecule has 0 bridgehead atoms. The van der Waals surface area contributed by atoms with Crippen molar-refractivity contribution in [2.24, 2.45) is 0 Å². The second kappa shape index (κ2) is 6.48. The van der Waals surface area contributed by atoms with E-state index in [9.17, 15) is 14.5 Å². The summed E-state index contributed by atoms with van der Waals surface area (Å²) < 4.78 is 18.9. The van der Waals surface area contributed by atoms with Crippen LogP contribution in [0.1, 0.15) is 11.1 Å². The molecule has 0 radical (unpaired) electrons. The molecule has 106 valence electrons. The molecule has 6 heteroatoms. The molecule has 0 fully saturated rings. The van der Waals surface area contributed by atoms with E-state index in [1.54, 1.807) is 12.1 Å². The molecule has 5 nitrogen and oxygen atoms in total. The number of nitriles is 1. The van der Waals surface area contributed by atoms with Gasteiger partial charge in [0.2, 0.25) is 0 Å². The molecular formula is C15H11FN2O3. The number of hydrogen-bond donors (Lipinski definition) is 0. The Kier molecular flexibility index (Phi) is 4.46. The Morgan fingerprint density at radius 3 is 2.52 bits per heavy atom. The summed E-state index contributed by atoms with van der Waals surface area (Å²) in [6.45, 7) is 0.237. The van der Waals surface area contributed by atoms with E-state index < -0.39 is 10.7 Å². The van der Waals surface area contributed by atoms with E-state index in [1.165, 1.54) is 24.3 Å². The number of hydrogen-bond acceptors (Lipinski definition) is 4. The van der Waals surface area contributed by atoms with Crippen molar-refractivity contribution in [3.05, 3.63) is 69.5 Å². The average Bonchev–Trinajstić information content (AvgIpc) is 2.49. The summed E-state index contributed by atoms with van der Waals surface area (Å²) in [6, 6.07) is 11.9. The summed E-state index contributed by atoms with van der Waals surface area (Å²) in [5.41, 5.74) is 1.11. The normalized spacial score (nSPS) is 9.90. The molecule has 0 heterocycles. The number of nitro benzene ring substituents is 1. The van der Waals surface area contributed by atoms with Gasteiger partial charge in [-0.05, 0) is 23.8 Å². The van der Waals surface area contributed by atoms with Crippen LogP contribution in [0.4, 0.5) is 10.1 Å². The van der Waals surface area contributed by atoms with Crippen LogP contribution in [0.25, 0.3) is 0 Å². The lowest BCUT2D eigenvalue weighted by molar-refractivity contribution is -0.384. The molecule has 0 saturated heterocycles. The summed E-state index contributed by atoms with van der Waals surface area (Å²) >= 11 is 0. The highest BCUT2D eigenvalue weighted by molar-refractivity contribution is 5.36. The molecule has 0 N–H and O–H groups in total. The van der Waals surface area contributed by atoms with Crippen LogP contribution in [0.2, 0.25) is 0 Å². The number of nitro groups is 1. The molecule has 0 aliphatic rings. The van der Waals surface area contributed by atoms with Gasteiger partial charge in [-0.3, -0.25) is 10.1 Å². The zero-order valence-corrected chi connectivity index (χ0v) is 11.0. The lowest BCUT2D eigenvalue weighted by Crippen LogP contribution is -2.03. The highest BCUT2D eigenvalue weighted by atomic mass is 19.1. The Hall–Kier alpha value is -2.94. The van der Waals surface area contributed by atoms with Gasteiger partial charge < -0.3 is 4.74 Å². The predicted molar refractivity (Wildman–Crippen MR) is 73.4 cm³/mol. The Labute approximate surface area is 120 Å². The molecule has 0 aliphatic heterocycles. The molecule has 0 unspecified atom stereocenters. The van der Waals surface area contributed by atoms with Gasteiger partial charge in [0.1, 0.15) is 0 Å². The summed E-state index contributed by atoms with van der Waals surface area (Å²) in [6.07, 6.45) is 0.497. The summed E-state index contributed by atoms with van der Waals surface area (Å²) in [5.74, 6) is -0.506. The first-order chi connectivity index (χ1) is 10.1. The van der Waals surface area contributed by atoms with Gasteiger partial charge in [-0.25, -0.2) is 4.39 Å². The minimum Gasteiger partial charge on any atom is -0.490 e. The predicted octanol–water partition coefficient (Wildman–Crippen LogP) is 3.23. The maximum atomic E-state index is 13.6. The third-order valence-corrected chi connectivity index (χ3v) is 2.86. The molecule has 0 amide bonds. The first-order valence-corrected chi connectivity index (χ1v) is 6.16. The topological polar surface area (TPSA) is 76.2 Å². The standard InChI is InChI=1S/C15H11FN2O3/c16-14-9-12(10-17)3-6-15(14)21-8-7-11-1-4-13(5-2-11)18(19)20/h1-6,9H,7-8H2. The van der Waals surface area contributed by atoms with Gasteiger partial charge >= 0.3 is 0 Å². The molecule has 0 atom stereocenters. The first-order valence-electron chi connectivity index (χ1n) is 6.16. The smallest absolute Gasteiger partial charge is 0.269 e. The molecule has 21 heavy (non-hydrogen) atoms. The van der Waals surface area contributed by atoms with Crippen LogP contribution in [-0.2, 0) is 6.42 Å². The average molecular weight is 286 g/mol. The highest BCUT2D eigenvalue weighted by Crippen LogP contribution is 2.18. The van der Waals surface area contributed by atoms with Gasteiger partial charge in [-0.2, -0.15) is 5.26 Å². The van der Waals surface area contributed by atoms with Gasteiger partial charge in [-0.15, -0.1) is 0 Å². The van der Waals surface area contributed by atoms with Crippen molar-refractivity contribution < 1.29 is 14.1 Å². The Morgan fingerprint density at radius 2 is 1.95 bits per heavy atom. The van der Waals surface area contributed by atoms with E-state index in [2.05, 4.69) is 0 Å². The van der Waals surface area contributed by atoms with Crippen molar-refractivity contribution in [3.8, 4) is 11.8 Å². The SMILES string of the molecule is N#Cc1ccc(OCCc2ccc([N+](=O)[O-])cc2)c(F)c1. The fraction of sp³-hybridized carbons (Fsp3) is 0.133. The minimum absolute atomic E-state index is 0.0257. The van der Waals surface area contributed by atoms with E-state index in [0.717, 1.165) is 11.6 Å². The lowest BCUT2D eigenvalue weighted by atomic mass is 10.1. The molecule has 0 spiro atoms. The molecule has 2 aromatic carbocycles. The minimum atomic E-state index is -0.585. The van der Waals surface area contributed by atoms with Gasteiger partial charge in [-0.1, -0.05) is 12.1 Å². The van der Waals surface area contributed by atoms with Crippen LogP contribution < -0.4 is 4.74 Å². The summed E-state index contributed by atoms with van der Waals surface area (Å²) in [5, 5.41) is 19.2. The van der Waals surface area contributed by atoms with E-state index in [4.69, 9.17) is 10.00 Å². The van der Waals surface area contributed by atoms with E-state index >= 15 is 0 Å². The van der Waals surface area contributed by atoms with Crippen molar-refractivity contribution in [2.45, 2.75) is 6.42 Å². The number of halogens is 1. The maximum Gasteiger partial charge on any atom is 0.269 e. The highest BCUT2D eigenvalue weighted by Gasteiger charge is 2.06. The number of non-ortho nitro benzene ring substituents is 1. The molecular weight excluding hydrogens is 275 g/mol. The second-order valence-electron chi connectivity index (χ2n) is 4.28. The van der Waals surface area contributed by atoms with Gasteiger partial charge in [0.15, 0.2) is 11.6 Å². The molecule has 2 aromatic rings. The van der Waals surface area contributed by atoms with Crippen LogP contribution >= 0.6 is 0 Å². The Balaban J connectivity index is 1.92. The van der Waals surface area contributed by atoms with Gasteiger partial charge in [0, 0.05) is 18.6 Å². The monoisotopic (exact) mass is 286 g/mol. The molecule has 0 aromatic heterocycles. The van der Waals surface area contributed by atoms with Crippen molar-refractivity contribution in [1.82, 2.24) is 0 Å². The molecule has 2 rings (SSSR count). The summed E-state index contributed by atoms with van der Waals surface area (Å²) in [4.78, 5) is 10.1. The van der Waals surface area contributed by atoms with E-state index in [-0.39, 0.29) is 23.6 Å². The fourth-order valence-corrected chi connectivity index (χ4v) is 1.75. The third-order valence-electron chi connectivity index (χ3n) is 2.86. The Bertz CT molecular complexity index is 693. The van der Waals surface area contributed by atoms with Crippen LogP contribution in [-0.4, -0.2) is 11.5 Å². The third kappa shape index (κ3) is 3.76. The quantitative estimate of drug-likeness (QED) is 0.624. The van der Waals surface area contributed by atoms with Gasteiger partial charge in [0.25, 0.3) is 5.69 Å². The number of nitrogens with zero attached hydrogens (tertiary/aromatic N) is 2. The van der Waals surface area contributed by atoms with Crippen molar-refractivity contribution in [1.29, 1.82) is 5.26 Å². The largest absolute Gasteiger partial charge is 0.490 e. The van der Waals surface area contributed by atoms with Crippen LogP contribution in [0.5, 0.6) is 5.75 Å². The zero-order valence-electron chi connectivity index (χ0n) is 11.0. The molecule has 0 aliphatic carbocycles. The van der Waals surface area contributed by atoms with Gasteiger partial charge in [0.05, 0.1) is 23.2 Å². The zero-order chi connectivity index (χ0) is 15.2. The lowest BCUT2D eigenvalue weighted by Gasteiger charge is -2.07. The van der Waals surface area contributed by atoms with Crippen LogP contribution in [0.3, 0.4) is 0 Å². The fourth-order valence-electron chi connectivity index (χ4n) is 1.75. The molecule has 0 saturated carbocycles. The van der Waals surface area contributed by atoms with Crippen molar-refractivity contribution in [3.63, 3.8) is 0 Å². The number of ether oxygens (including phenoxy) is 1. The number of benzene rings is 2. The van der Waals surface area contributed by atoms with Crippen molar-refractivity contribution in [2.75, 3.05) is 6.61 Å². The van der Waals surface area contributed by atoms with E-state index in [1.807, 2.05) is 6.07 Å². The van der Waals surface area contributed by atoms with Crippen LogP contribution in [0.15, 0.2) is 42.5 Å². The van der Waals surface area contributed by atoms with Crippen molar-refractivity contribution >= 4 is 5.69 Å². The second-order valence-corrected chi connectivity index (χ2v) is 4.28. The number of rotatable bonds is 5. The summed E-state index contributed by atoms with van der Waals surface area (Å²) in [7, 11) is 0.